The largest absolute Gasteiger partial charge is 0.313 e. The highest BCUT2D eigenvalue weighted by molar-refractivity contribution is 5.34. The van der Waals surface area contributed by atoms with Gasteiger partial charge in [0.2, 0.25) is 0 Å². The molecule has 20 heavy (non-hydrogen) atoms. The lowest BCUT2D eigenvalue weighted by atomic mass is 9.85. The molecule has 1 heterocycles. The third kappa shape index (κ3) is 2.61. The standard InChI is InChI=1S/C18H22N2/c1-2-19-17(14-16-10-6-7-13-20-16)18(11-12-18)15-8-4-3-5-9-15/h3-10,13,17,19H,2,11-12,14H2,1H3. The number of rotatable bonds is 6. The predicted molar refractivity (Wildman–Crippen MR) is 82.8 cm³/mol. The third-order valence-corrected chi connectivity index (χ3v) is 4.39. The number of aromatic nitrogens is 1. The Kier molecular flexibility index (Phi) is 3.83. The number of nitrogens with zero attached hydrogens (tertiary/aromatic N) is 1. The van der Waals surface area contributed by atoms with Gasteiger partial charge in [-0.1, -0.05) is 43.3 Å². The van der Waals surface area contributed by atoms with Gasteiger partial charge in [0.25, 0.3) is 0 Å². The Labute approximate surface area is 121 Å². The second-order valence-electron chi connectivity index (χ2n) is 5.66. The summed E-state index contributed by atoms with van der Waals surface area (Å²) in [6, 6.07) is 17.6. The second kappa shape index (κ2) is 5.76. The van der Waals surface area contributed by atoms with E-state index in [1.165, 1.54) is 24.1 Å². The van der Waals surface area contributed by atoms with E-state index < -0.39 is 0 Å². The van der Waals surface area contributed by atoms with Crippen molar-refractivity contribution in [3.05, 3.63) is 66.0 Å². The zero-order valence-electron chi connectivity index (χ0n) is 12.0. The molecule has 0 radical (unpaired) electrons. The first-order valence-electron chi connectivity index (χ1n) is 7.54. The van der Waals surface area contributed by atoms with Gasteiger partial charge in [-0.3, -0.25) is 4.98 Å². The summed E-state index contributed by atoms with van der Waals surface area (Å²) in [5.41, 5.74) is 2.97. The molecule has 1 aliphatic rings. The lowest BCUT2D eigenvalue weighted by molar-refractivity contribution is 0.418. The monoisotopic (exact) mass is 266 g/mol. The summed E-state index contributed by atoms with van der Waals surface area (Å²) in [5, 5.41) is 3.69. The van der Waals surface area contributed by atoms with Crippen molar-refractivity contribution in [2.24, 2.45) is 0 Å². The average molecular weight is 266 g/mol. The van der Waals surface area contributed by atoms with Gasteiger partial charge in [-0.15, -0.1) is 0 Å². The van der Waals surface area contributed by atoms with Gasteiger partial charge in [0.1, 0.15) is 0 Å². The molecule has 0 aliphatic heterocycles. The van der Waals surface area contributed by atoms with Crippen molar-refractivity contribution in [1.29, 1.82) is 0 Å². The van der Waals surface area contributed by atoms with Crippen LogP contribution in [0.15, 0.2) is 54.7 Å². The maximum atomic E-state index is 4.50. The number of hydrogen-bond acceptors (Lipinski definition) is 2. The van der Waals surface area contributed by atoms with Crippen LogP contribution in [0.4, 0.5) is 0 Å². The molecule has 1 fully saturated rings. The molecule has 0 bridgehead atoms. The zero-order valence-corrected chi connectivity index (χ0v) is 12.0. The van der Waals surface area contributed by atoms with E-state index in [4.69, 9.17) is 0 Å². The van der Waals surface area contributed by atoms with Crippen LogP contribution in [0.3, 0.4) is 0 Å². The second-order valence-corrected chi connectivity index (χ2v) is 5.66. The first-order chi connectivity index (χ1) is 9.85. The highest BCUT2D eigenvalue weighted by Crippen LogP contribution is 2.51. The third-order valence-electron chi connectivity index (χ3n) is 4.39. The Morgan fingerprint density at radius 1 is 1.10 bits per heavy atom. The van der Waals surface area contributed by atoms with Gasteiger partial charge in [-0.25, -0.2) is 0 Å². The molecule has 104 valence electrons. The maximum absolute atomic E-state index is 4.50. The van der Waals surface area contributed by atoms with Crippen LogP contribution in [0.2, 0.25) is 0 Å². The van der Waals surface area contributed by atoms with E-state index in [0.29, 0.717) is 11.5 Å². The van der Waals surface area contributed by atoms with Crippen LogP contribution < -0.4 is 5.32 Å². The molecule has 0 spiro atoms. The fourth-order valence-electron chi connectivity index (χ4n) is 3.18. The summed E-state index contributed by atoms with van der Waals surface area (Å²) in [6.45, 7) is 3.19. The quantitative estimate of drug-likeness (QED) is 0.867. The zero-order chi connectivity index (χ0) is 13.8. The molecule has 1 aromatic heterocycles. The normalized spacial score (nSPS) is 17.6. The molecule has 1 atom stereocenters. The molecule has 2 aromatic rings. The molecule has 2 nitrogen and oxygen atoms in total. The van der Waals surface area contributed by atoms with Crippen LogP contribution in [0.5, 0.6) is 0 Å². The van der Waals surface area contributed by atoms with E-state index in [1.807, 2.05) is 12.3 Å². The lowest BCUT2D eigenvalue weighted by Gasteiger charge is -2.28. The average Bonchev–Trinajstić information content (AvgIpc) is 3.31. The number of nitrogens with one attached hydrogen (secondary N) is 1. The molecule has 2 heteroatoms. The smallest absolute Gasteiger partial charge is 0.0419 e. The molecule has 1 N–H and O–H groups in total. The van der Waals surface area contributed by atoms with E-state index in [1.54, 1.807) is 0 Å². The van der Waals surface area contributed by atoms with Crippen molar-refractivity contribution in [2.45, 2.75) is 37.6 Å². The van der Waals surface area contributed by atoms with Gasteiger partial charge in [0, 0.05) is 29.8 Å². The van der Waals surface area contributed by atoms with E-state index in [-0.39, 0.29) is 0 Å². The Balaban J connectivity index is 1.84. The Morgan fingerprint density at radius 3 is 2.45 bits per heavy atom. The summed E-state index contributed by atoms with van der Waals surface area (Å²) in [5.74, 6) is 0. The van der Waals surface area contributed by atoms with Gasteiger partial charge in [-0.2, -0.15) is 0 Å². The fourth-order valence-corrected chi connectivity index (χ4v) is 3.18. The van der Waals surface area contributed by atoms with Gasteiger partial charge in [0.05, 0.1) is 0 Å². The van der Waals surface area contributed by atoms with Gasteiger partial charge < -0.3 is 5.32 Å². The SMILES string of the molecule is CCNC(Cc1ccccn1)C1(c2ccccc2)CC1. The van der Waals surface area contributed by atoms with Crippen molar-refractivity contribution in [3.63, 3.8) is 0 Å². The first kappa shape index (κ1) is 13.3. The Morgan fingerprint density at radius 2 is 1.85 bits per heavy atom. The Hall–Kier alpha value is -1.67. The van der Waals surface area contributed by atoms with Crippen molar-refractivity contribution in [2.75, 3.05) is 6.54 Å². The van der Waals surface area contributed by atoms with Crippen LogP contribution in [0.25, 0.3) is 0 Å². The minimum absolute atomic E-state index is 0.314. The minimum atomic E-state index is 0.314. The van der Waals surface area contributed by atoms with Crippen molar-refractivity contribution < 1.29 is 0 Å². The fraction of sp³-hybridized carbons (Fsp3) is 0.389. The van der Waals surface area contributed by atoms with Crippen LogP contribution in [-0.2, 0) is 11.8 Å². The van der Waals surface area contributed by atoms with Gasteiger partial charge >= 0.3 is 0 Å². The number of likely N-dealkylation sites (N-methyl/N-ethyl adjacent to an activating group) is 1. The topological polar surface area (TPSA) is 24.9 Å². The van der Waals surface area contributed by atoms with Crippen LogP contribution in [0.1, 0.15) is 31.0 Å². The molecular weight excluding hydrogens is 244 g/mol. The van der Waals surface area contributed by atoms with Crippen LogP contribution in [0, 0.1) is 0 Å². The van der Waals surface area contributed by atoms with Crippen molar-refractivity contribution >= 4 is 0 Å². The van der Waals surface area contributed by atoms with Crippen LogP contribution in [-0.4, -0.2) is 17.6 Å². The molecule has 1 aliphatic carbocycles. The molecular formula is C18H22N2. The van der Waals surface area contributed by atoms with Gasteiger partial charge in [-0.05, 0) is 37.1 Å². The molecule has 3 rings (SSSR count). The maximum Gasteiger partial charge on any atom is 0.0419 e. The number of benzene rings is 1. The molecule has 1 aromatic carbocycles. The molecule has 0 amide bonds. The lowest BCUT2D eigenvalue weighted by Crippen LogP contribution is -2.41. The van der Waals surface area contributed by atoms with Gasteiger partial charge in [0.15, 0.2) is 0 Å². The summed E-state index contributed by atoms with van der Waals surface area (Å²) < 4.78 is 0. The molecule has 1 saturated carbocycles. The van der Waals surface area contributed by atoms with E-state index in [0.717, 1.165) is 13.0 Å². The molecule has 1 unspecified atom stereocenters. The Bertz CT molecular complexity index is 532. The van der Waals surface area contributed by atoms with E-state index >= 15 is 0 Å². The molecule has 0 saturated heterocycles. The minimum Gasteiger partial charge on any atom is -0.313 e. The number of hydrogen-bond donors (Lipinski definition) is 1. The predicted octanol–water partition coefficient (Wildman–Crippen LogP) is 3.33. The van der Waals surface area contributed by atoms with E-state index in [9.17, 15) is 0 Å². The summed E-state index contributed by atoms with van der Waals surface area (Å²) in [7, 11) is 0. The number of pyridine rings is 1. The van der Waals surface area contributed by atoms with Crippen molar-refractivity contribution in [3.8, 4) is 0 Å². The summed E-state index contributed by atoms with van der Waals surface area (Å²) >= 11 is 0. The van der Waals surface area contributed by atoms with E-state index in [2.05, 4.69) is 59.7 Å². The highest BCUT2D eigenvalue weighted by Gasteiger charge is 2.50. The summed E-state index contributed by atoms with van der Waals surface area (Å²) in [6.07, 6.45) is 5.45. The highest BCUT2D eigenvalue weighted by atomic mass is 14.9. The van der Waals surface area contributed by atoms with Crippen molar-refractivity contribution in [1.82, 2.24) is 10.3 Å². The first-order valence-corrected chi connectivity index (χ1v) is 7.54. The summed E-state index contributed by atoms with van der Waals surface area (Å²) in [4.78, 5) is 4.50. The van der Waals surface area contributed by atoms with Crippen LogP contribution >= 0.6 is 0 Å².